The molecule has 3 rings (SSSR count). The van der Waals surface area contributed by atoms with E-state index in [4.69, 9.17) is 15.2 Å². The smallest absolute Gasteiger partial charge is 0.357 e. The SMILES string of the molecule is CCCCc1nc(CN)c(C(=O)OCC)n1-c1ccc(-c2ccccc2C(=O)OC(C)(C)C)cc1. The van der Waals surface area contributed by atoms with Crippen LogP contribution in [0.1, 0.15) is 79.8 Å². The van der Waals surface area contributed by atoms with Gasteiger partial charge in [-0.2, -0.15) is 0 Å². The van der Waals surface area contributed by atoms with Crippen LogP contribution in [0, 0.1) is 0 Å². The van der Waals surface area contributed by atoms with Crippen LogP contribution in [0.4, 0.5) is 0 Å². The van der Waals surface area contributed by atoms with Gasteiger partial charge in [-0.15, -0.1) is 0 Å². The van der Waals surface area contributed by atoms with Crippen LogP contribution in [-0.4, -0.2) is 33.7 Å². The zero-order chi connectivity index (χ0) is 25.6. The number of aromatic nitrogens is 2. The number of unbranched alkanes of at least 4 members (excludes halogenated alkanes) is 1. The van der Waals surface area contributed by atoms with Gasteiger partial charge in [-0.1, -0.05) is 43.7 Å². The van der Waals surface area contributed by atoms with E-state index in [0.29, 0.717) is 23.4 Å². The minimum atomic E-state index is -0.589. The summed E-state index contributed by atoms with van der Waals surface area (Å²) in [7, 11) is 0. The first-order chi connectivity index (χ1) is 16.7. The molecule has 0 fully saturated rings. The van der Waals surface area contributed by atoms with Gasteiger partial charge in [-0.25, -0.2) is 14.6 Å². The maximum Gasteiger partial charge on any atom is 0.357 e. The summed E-state index contributed by atoms with van der Waals surface area (Å²) in [6, 6.07) is 15.1. The first kappa shape index (κ1) is 26.2. The summed E-state index contributed by atoms with van der Waals surface area (Å²) in [6.45, 7) is 9.83. The van der Waals surface area contributed by atoms with Crippen LogP contribution >= 0.6 is 0 Å². The number of hydrogen-bond donors (Lipinski definition) is 1. The fourth-order valence-corrected chi connectivity index (χ4v) is 3.88. The van der Waals surface area contributed by atoms with E-state index < -0.39 is 11.6 Å². The van der Waals surface area contributed by atoms with Crippen molar-refractivity contribution in [1.82, 2.24) is 9.55 Å². The van der Waals surface area contributed by atoms with Gasteiger partial charge in [0.15, 0.2) is 5.69 Å². The molecule has 0 saturated carbocycles. The number of carbonyl (C=O) groups excluding carboxylic acids is 2. The summed E-state index contributed by atoms with van der Waals surface area (Å²) >= 11 is 0. The molecule has 0 radical (unpaired) electrons. The van der Waals surface area contributed by atoms with Crippen molar-refractivity contribution in [2.45, 2.75) is 66.0 Å². The van der Waals surface area contributed by atoms with E-state index >= 15 is 0 Å². The van der Waals surface area contributed by atoms with Gasteiger partial charge < -0.3 is 15.2 Å². The number of ether oxygens (including phenoxy) is 2. The van der Waals surface area contributed by atoms with Gasteiger partial charge in [0.2, 0.25) is 0 Å². The molecule has 0 saturated heterocycles. The molecule has 0 aliphatic heterocycles. The predicted octanol–water partition coefficient (Wildman–Crippen LogP) is 5.47. The zero-order valence-corrected chi connectivity index (χ0v) is 21.3. The molecular weight excluding hydrogens is 442 g/mol. The Kier molecular flexibility index (Phi) is 8.46. The molecular formula is C28H35N3O4. The Bertz CT molecular complexity index is 1170. The summed E-state index contributed by atoms with van der Waals surface area (Å²) in [5, 5.41) is 0. The molecule has 0 unspecified atom stereocenters. The maximum atomic E-state index is 12.8. The molecule has 1 aromatic heterocycles. The highest BCUT2D eigenvalue weighted by atomic mass is 16.6. The molecule has 0 atom stereocenters. The largest absolute Gasteiger partial charge is 0.461 e. The molecule has 0 aliphatic carbocycles. The highest BCUT2D eigenvalue weighted by Crippen LogP contribution is 2.28. The van der Waals surface area contributed by atoms with E-state index in [1.165, 1.54) is 0 Å². The lowest BCUT2D eigenvalue weighted by molar-refractivity contribution is 0.00702. The van der Waals surface area contributed by atoms with Crippen LogP contribution in [0.15, 0.2) is 48.5 Å². The molecule has 35 heavy (non-hydrogen) atoms. The Morgan fingerprint density at radius 1 is 1.00 bits per heavy atom. The van der Waals surface area contributed by atoms with Crippen LogP contribution in [0.2, 0.25) is 0 Å². The topological polar surface area (TPSA) is 96.4 Å². The second-order valence-corrected chi connectivity index (χ2v) is 9.28. The van der Waals surface area contributed by atoms with Gasteiger partial charge in [0.25, 0.3) is 0 Å². The summed E-state index contributed by atoms with van der Waals surface area (Å²) < 4.78 is 12.8. The van der Waals surface area contributed by atoms with E-state index in [1.54, 1.807) is 13.0 Å². The van der Waals surface area contributed by atoms with E-state index in [1.807, 2.05) is 67.8 Å². The van der Waals surface area contributed by atoms with E-state index in [0.717, 1.165) is 35.5 Å². The Labute approximate surface area is 207 Å². The summed E-state index contributed by atoms with van der Waals surface area (Å²) in [4.78, 5) is 30.3. The molecule has 7 heteroatoms. The first-order valence-electron chi connectivity index (χ1n) is 12.1. The standard InChI is InChI=1S/C28H35N3O4/c1-6-8-13-24-30-23(18-29)25(27(33)34-7-2)31(24)20-16-14-19(15-17-20)21-11-9-10-12-22(21)26(32)35-28(3,4)5/h9-12,14-17H,6-8,13,18,29H2,1-5H3. The lowest BCUT2D eigenvalue weighted by atomic mass is 9.99. The minimum Gasteiger partial charge on any atom is -0.461 e. The monoisotopic (exact) mass is 477 g/mol. The Hall–Kier alpha value is -3.45. The van der Waals surface area contributed by atoms with Crippen molar-refractivity contribution >= 4 is 11.9 Å². The number of imidazole rings is 1. The van der Waals surface area contributed by atoms with Crippen LogP contribution in [0.3, 0.4) is 0 Å². The average molecular weight is 478 g/mol. The van der Waals surface area contributed by atoms with Gasteiger partial charge >= 0.3 is 11.9 Å². The fourth-order valence-electron chi connectivity index (χ4n) is 3.88. The van der Waals surface area contributed by atoms with Crippen molar-refractivity contribution < 1.29 is 19.1 Å². The summed E-state index contributed by atoms with van der Waals surface area (Å²) in [5.74, 6) is -0.0365. The lowest BCUT2D eigenvalue weighted by Crippen LogP contribution is -2.24. The molecule has 7 nitrogen and oxygen atoms in total. The van der Waals surface area contributed by atoms with Gasteiger partial charge in [-0.05, 0) is 63.4 Å². The van der Waals surface area contributed by atoms with E-state index in [-0.39, 0.29) is 19.1 Å². The fraction of sp³-hybridized carbons (Fsp3) is 0.393. The Morgan fingerprint density at radius 2 is 1.69 bits per heavy atom. The average Bonchev–Trinajstić information content (AvgIpc) is 3.20. The maximum absolute atomic E-state index is 12.8. The van der Waals surface area contributed by atoms with Crippen molar-refractivity contribution in [2.75, 3.05) is 6.61 Å². The molecule has 0 amide bonds. The quantitative estimate of drug-likeness (QED) is 0.410. The number of carbonyl (C=O) groups is 2. The third-order valence-corrected chi connectivity index (χ3v) is 5.42. The third kappa shape index (κ3) is 6.17. The summed E-state index contributed by atoms with van der Waals surface area (Å²) in [6.07, 6.45) is 2.65. The highest BCUT2D eigenvalue weighted by molar-refractivity contribution is 5.97. The van der Waals surface area contributed by atoms with Gasteiger partial charge in [-0.3, -0.25) is 4.57 Å². The number of rotatable bonds is 9. The molecule has 186 valence electrons. The highest BCUT2D eigenvalue weighted by Gasteiger charge is 2.25. The van der Waals surface area contributed by atoms with Crippen LogP contribution in [-0.2, 0) is 22.4 Å². The number of benzene rings is 2. The van der Waals surface area contributed by atoms with Crippen molar-refractivity contribution in [3.63, 3.8) is 0 Å². The summed E-state index contributed by atoms with van der Waals surface area (Å²) in [5.41, 5.74) is 9.15. The molecule has 2 N–H and O–H groups in total. The first-order valence-corrected chi connectivity index (χ1v) is 12.1. The van der Waals surface area contributed by atoms with Crippen molar-refractivity contribution in [2.24, 2.45) is 5.73 Å². The van der Waals surface area contributed by atoms with Crippen molar-refractivity contribution in [3.05, 3.63) is 71.3 Å². The molecule has 0 spiro atoms. The van der Waals surface area contributed by atoms with Crippen LogP contribution in [0.25, 0.3) is 16.8 Å². The number of hydrogen-bond acceptors (Lipinski definition) is 6. The second-order valence-electron chi connectivity index (χ2n) is 9.28. The number of esters is 2. The molecule has 3 aromatic rings. The van der Waals surface area contributed by atoms with E-state index in [9.17, 15) is 9.59 Å². The molecule has 0 bridgehead atoms. The predicted molar refractivity (Wildman–Crippen MR) is 137 cm³/mol. The van der Waals surface area contributed by atoms with Crippen molar-refractivity contribution in [1.29, 1.82) is 0 Å². The molecule has 2 aromatic carbocycles. The Balaban J connectivity index is 2.06. The number of aryl methyl sites for hydroxylation is 1. The third-order valence-electron chi connectivity index (χ3n) is 5.42. The Morgan fingerprint density at radius 3 is 2.29 bits per heavy atom. The number of nitrogens with zero attached hydrogens (tertiary/aromatic N) is 2. The van der Waals surface area contributed by atoms with Gasteiger partial charge in [0.1, 0.15) is 11.4 Å². The molecule has 0 aliphatic rings. The minimum absolute atomic E-state index is 0.140. The van der Waals surface area contributed by atoms with Gasteiger partial charge in [0.05, 0.1) is 17.9 Å². The second kappa shape index (κ2) is 11.3. The lowest BCUT2D eigenvalue weighted by Gasteiger charge is -2.20. The van der Waals surface area contributed by atoms with Crippen LogP contribution < -0.4 is 5.73 Å². The number of nitrogens with two attached hydrogens (primary N) is 1. The van der Waals surface area contributed by atoms with Crippen molar-refractivity contribution in [3.8, 4) is 16.8 Å². The normalized spacial score (nSPS) is 11.4. The van der Waals surface area contributed by atoms with Gasteiger partial charge in [0, 0.05) is 18.7 Å². The van der Waals surface area contributed by atoms with E-state index in [2.05, 4.69) is 11.9 Å². The zero-order valence-electron chi connectivity index (χ0n) is 21.3. The molecule has 1 heterocycles. The van der Waals surface area contributed by atoms with Crippen LogP contribution in [0.5, 0.6) is 0 Å².